The van der Waals surface area contributed by atoms with E-state index < -0.39 is 28.5 Å². The fraction of sp³-hybridized carbons (Fsp3) is 0.235. The molecule has 0 saturated heterocycles. The molecule has 4 aromatic carbocycles. The van der Waals surface area contributed by atoms with Gasteiger partial charge in [-0.25, -0.2) is 8.42 Å². The number of carbonyl (C=O) groups is 2. The molecular formula is C34H34BrCl2N3O4S. The van der Waals surface area contributed by atoms with Gasteiger partial charge in [-0.3, -0.25) is 13.9 Å². The van der Waals surface area contributed by atoms with E-state index in [4.69, 9.17) is 23.2 Å². The molecule has 0 aromatic heterocycles. The average molecular weight is 732 g/mol. The second-order valence-corrected chi connectivity index (χ2v) is 14.1. The number of rotatable bonds is 13. The van der Waals surface area contributed by atoms with Crippen molar-refractivity contribution in [2.24, 2.45) is 0 Å². The Balaban J connectivity index is 1.83. The number of nitrogens with zero attached hydrogens (tertiary/aromatic N) is 2. The van der Waals surface area contributed by atoms with Crippen molar-refractivity contribution in [1.29, 1.82) is 0 Å². The number of sulfonamides is 1. The summed E-state index contributed by atoms with van der Waals surface area (Å²) in [4.78, 5) is 29.9. The molecule has 4 rings (SSSR count). The Morgan fingerprint density at radius 3 is 2.00 bits per heavy atom. The summed E-state index contributed by atoms with van der Waals surface area (Å²) < 4.78 is 29.9. The van der Waals surface area contributed by atoms with Gasteiger partial charge in [0.25, 0.3) is 10.0 Å². The average Bonchev–Trinajstić information content (AvgIpc) is 3.04. The first-order valence-electron chi connectivity index (χ1n) is 14.4. The molecule has 0 fully saturated rings. The van der Waals surface area contributed by atoms with Gasteiger partial charge in [-0.2, -0.15) is 0 Å². The summed E-state index contributed by atoms with van der Waals surface area (Å²) in [6.07, 6.45) is 0.862. The van der Waals surface area contributed by atoms with Crippen molar-refractivity contribution in [2.45, 2.75) is 50.2 Å². The molecular weight excluding hydrogens is 697 g/mol. The third-order valence-corrected chi connectivity index (χ3v) is 10.4. The van der Waals surface area contributed by atoms with Gasteiger partial charge in [0.2, 0.25) is 11.8 Å². The topological polar surface area (TPSA) is 86.8 Å². The Labute approximate surface area is 283 Å². The number of amides is 2. The quantitative estimate of drug-likeness (QED) is 0.154. The highest BCUT2D eigenvalue weighted by atomic mass is 79.9. The minimum atomic E-state index is -4.19. The molecule has 2 atom stereocenters. The monoisotopic (exact) mass is 729 g/mol. The highest BCUT2D eigenvalue weighted by Crippen LogP contribution is 2.29. The van der Waals surface area contributed by atoms with Crippen LogP contribution in [0.4, 0.5) is 5.69 Å². The lowest BCUT2D eigenvalue weighted by Gasteiger charge is -2.34. The molecule has 11 heteroatoms. The lowest BCUT2D eigenvalue weighted by molar-refractivity contribution is -0.140. The second-order valence-electron chi connectivity index (χ2n) is 10.5. The first-order valence-corrected chi connectivity index (χ1v) is 17.4. The smallest absolute Gasteiger partial charge is 0.264 e. The zero-order valence-electron chi connectivity index (χ0n) is 24.9. The van der Waals surface area contributed by atoms with E-state index in [-0.39, 0.29) is 35.5 Å². The van der Waals surface area contributed by atoms with Crippen molar-refractivity contribution in [3.05, 3.63) is 129 Å². The van der Waals surface area contributed by atoms with Crippen LogP contribution in [0.25, 0.3) is 0 Å². The molecule has 0 heterocycles. The van der Waals surface area contributed by atoms with Crippen molar-refractivity contribution in [1.82, 2.24) is 10.2 Å². The third kappa shape index (κ3) is 8.88. The van der Waals surface area contributed by atoms with E-state index in [0.29, 0.717) is 22.0 Å². The second kappa shape index (κ2) is 15.8. The van der Waals surface area contributed by atoms with Crippen molar-refractivity contribution in [3.8, 4) is 0 Å². The van der Waals surface area contributed by atoms with E-state index in [9.17, 15) is 18.0 Å². The van der Waals surface area contributed by atoms with Gasteiger partial charge in [0.05, 0.1) is 10.6 Å². The van der Waals surface area contributed by atoms with E-state index >= 15 is 0 Å². The van der Waals surface area contributed by atoms with Crippen LogP contribution >= 0.6 is 39.1 Å². The minimum absolute atomic E-state index is 0.0248. The van der Waals surface area contributed by atoms with Gasteiger partial charge in [-0.15, -0.1) is 0 Å². The first-order chi connectivity index (χ1) is 21.5. The maximum atomic E-state index is 14.5. The summed E-state index contributed by atoms with van der Waals surface area (Å²) in [6, 6.07) is 27.7. The van der Waals surface area contributed by atoms with Crippen LogP contribution in [-0.4, -0.2) is 43.8 Å². The highest BCUT2D eigenvalue weighted by Gasteiger charge is 2.35. The maximum absolute atomic E-state index is 14.5. The lowest BCUT2D eigenvalue weighted by atomic mass is 10.0. The van der Waals surface area contributed by atoms with Crippen LogP contribution in [0.2, 0.25) is 10.0 Å². The van der Waals surface area contributed by atoms with Crippen LogP contribution in [0.5, 0.6) is 0 Å². The van der Waals surface area contributed by atoms with Crippen molar-refractivity contribution < 1.29 is 18.0 Å². The van der Waals surface area contributed by atoms with E-state index in [1.54, 1.807) is 60.7 Å². The predicted octanol–water partition coefficient (Wildman–Crippen LogP) is 7.51. The number of hydrogen-bond acceptors (Lipinski definition) is 4. The van der Waals surface area contributed by atoms with Crippen molar-refractivity contribution in [3.63, 3.8) is 0 Å². The standard InChI is InChI=1S/C34H34BrCl2N3O4S/c1-3-24(2)38-34(42)32(21-25-11-6-4-7-12-25)39(22-29-30(36)15-10-16-31(29)37)33(41)23-40(27-19-17-26(35)18-20-27)45(43,44)28-13-8-5-9-14-28/h4-20,24,32H,3,21-23H2,1-2H3,(H,38,42). The van der Waals surface area contributed by atoms with Crippen molar-refractivity contribution in [2.75, 3.05) is 10.8 Å². The Hall–Kier alpha value is -3.37. The number of carbonyl (C=O) groups excluding carboxylic acids is 2. The van der Waals surface area contributed by atoms with E-state index in [1.807, 2.05) is 44.2 Å². The third-order valence-electron chi connectivity index (χ3n) is 7.39. The van der Waals surface area contributed by atoms with Crippen molar-refractivity contribution >= 4 is 66.7 Å². The van der Waals surface area contributed by atoms with Gasteiger partial charge in [0.15, 0.2) is 0 Å². The summed E-state index contributed by atoms with van der Waals surface area (Å²) in [6.45, 7) is 3.13. The van der Waals surface area contributed by atoms with Gasteiger partial charge < -0.3 is 10.2 Å². The zero-order valence-corrected chi connectivity index (χ0v) is 28.8. The van der Waals surface area contributed by atoms with Crippen LogP contribution in [0.3, 0.4) is 0 Å². The lowest BCUT2D eigenvalue weighted by Crippen LogP contribution is -2.54. The van der Waals surface area contributed by atoms with Crippen LogP contribution in [0.1, 0.15) is 31.4 Å². The van der Waals surface area contributed by atoms with E-state index in [2.05, 4.69) is 21.2 Å². The predicted molar refractivity (Wildman–Crippen MR) is 184 cm³/mol. The summed E-state index contributed by atoms with van der Waals surface area (Å²) in [5.41, 5.74) is 1.56. The zero-order chi connectivity index (χ0) is 32.6. The SMILES string of the molecule is CCC(C)NC(=O)C(Cc1ccccc1)N(Cc1c(Cl)cccc1Cl)C(=O)CN(c1ccc(Br)cc1)S(=O)(=O)c1ccccc1. The molecule has 0 spiro atoms. The molecule has 2 amide bonds. The molecule has 0 bridgehead atoms. The van der Waals surface area contributed by atoms with Crippen LogP contribution in [0.15, 0.2) is 112 Å². The molecule has 4 aromatic rings. The Morgan fingerprint density at radius 1 is 0.844 bits per heavy atom. The molecule has 0 aliphatic carbocycles. The number of halogens is 3. The maximum Gasteiger partial charge on any atom is 0.264 e. The fourth-order valence-electron chi connectivity index (χ4n) is 4.70. The normalized spacial score (nSPS) is 12.6. The molecule has 45 heavy (non-hydrogen) atoms. The highest BCUT2D eigenvalue weighted by molar-refractivity contribution is 9.10. The summed E-state index contributed by atoms with van der Waals surface area (Å²) in [5.74, 6) is -0.973. The Kier molecular flexibility index (Phi) is 12.1. The molecule has 236 valence electrons. The van der Waals surface area contributed by atoms with Gasteiger partial charge >= 0.3 is 0 Å². The molecule has 0 saturated carbocycles. The first kappa shape index (κ1) is 34.5. The molecule has 0 radical (unpaired) electrons. The summed E-state index contributed by atoms with van der Waals surface area (Å²) >= 11 is 16.5. The molecule has 0 aliphatic rings. The van der Waals surface area contributed by atoms with Crippen LogP contribution < -0.4 is 9.62 Å². The van der Waals surface area contributed by atoms with Crippen LogP contribution in [-0.2, 0) is 32.6 Å². The van der Waals surface area contributed by atoms with Gasteiger partial charge in [-0.1, -0.05) is 101 Å². The van der Waals surface area contributed by atoms with Gasteiger partial charge in [0.1, 0.15) is 12.6 Å². The molecule has 2 unspecified atom stereocenters. The summed E-state index contributed by atoms with van der Waals surface area (Å²) in [7, 11) is -4.19. The van der Waals surface area contributed by atoms with Crippen LogP contribution in [0, 0.1) is 0 Å². The number of benzene rings is 4. The largest absolute Gasteiger partial charge is 0.352 e. The van der Waals surface area contributed by atoms with E-state index in [1.165, 1.54) is 17.0 Å². The Morgan fingerprint density at radius 2 is 1.42 bits per heavy atom. The molecule has 7 nitrogen and oxygen atoms in total. The number of nitrogens with one attached hydrogen (secondary N) is 1. The fourth-order valence-corrected chi connectivity index (χ4v) is 6.92. The Bertz CT molecular complexity index is 1690. The van der Waals surface area contributed by atoms with Gasteiger partial charge in [-0.05, 0) is 67.4 Å². The van der Waals surface area contributed by atoms with Gasteiger partial charge in [0, 0.05) is 39.1 Å². The minimum Gasteiger partial charge on any atom is -0.352 e. The number of anilines is 1. The van der Waals surface area contributed by atoms with E-state index in [0.717, 1.165) is 14.3 Å². The number of hydrogen-bond donors (Lipinski definition) is 1. The molecule has 1 N–H and O–H groups in total. The summed E-state index contributed by atoms with van der Waals surface area (Å²) in [5, 5.41) is 3.66. The molecule has 0 aliphatic heterocycles.